The number of Topliss-reactive ketones (excluding diaryl/α,β-unsaturated/α-hetero) is 1. The van der Waals surface area contributed by atoms with Gasteiger partial charge in [-0.15, -0.1) is 0 Å². The van der Waals surface area contributed by atoms with E-state index >= 15 is 0 Å². The molecule has 0 bridgehead atoms. The Bertz CT molecular complexity index is 457. The van der Waals surface area contributed by atoms with Crippen molar-refractivity contribution in [2.75, 3.05) is 6.61 Å². The van der Waals surface area contributed by atoms with Crippen LogP contribution in [0, 0.1) is 11.8 Å². The highest BCUT2D eigenvalue weighted by atomic mass is 35.5. The summed E-state index contributed by atoms with van der Waals surface area (Å²) < 4.78 is 5.32. The van der Waals surface area contributed by atoms with Crippen LogP contribution < -0.4 is 4.74 Å². The number of hydrogen-bond acceptors (Lipinski definition) is 2. The molecule has 0 spiro atoms. The van der Waals surface area contributed by atoms with Gasteiger partial charge >= 0.3 is 0 Å². The van der Waals surface area contributed by atoms with Crippen LogP contribution in [0.1, 0.15) is 30.6 Å². The van der Waals surface area contributed by atoms with Crippen LogP contribution in [0.25, 0.3) is 0 Å². The average molecular weight is 273 g/mol. The first-order valence-electron chi connectivity index (χ1n) is 5.70. The average Bonchev–Trinajstić information content (AvgIpc) is 3.00. The van der Waals surface area contributed by atoms with Crippen LogP contribution in [0.3, 0.4) is 0 Å². The number of halogens is 2. The van der Waals surface area contributed by atoms with E-state index in [1.54, 1.807) is 12.1 Å². The summed E-state index contributed by atoms with van der Waals surface area (Å²) in [6.07, 6.45) is 0.944. The Morgan fingerprint density at radius 2 is 2.06 bits per heavy atom. The first-order chi connectivity index (χ1) is 8.04. The molecule has 2 unspecified atom stereocenters. The Balaban J connectivity index is 2.29. The summed E-state index contributed by atoms with van der Waals surface area (Å²) >= 11 is 12.1. The van der Waals surface area contributed by atoms with Gasteiger partial charge in [0.2, 0.25) is 0 Å². The Kier molecular flexibility index (Phi) is 3.64. The molecule has 0 heterocycles. The lowest BCUT2D eigenvalue weighted by molar-refractivity contribution is 0.0962. The Morgan fingerprint density at radius 3 is 2.59 bits per heavy atom. The minimum atomic E-state index is 0.0902. The summed E-state index contributed by atoms with van der Waals surface area (Å²) in [5.74, 6) is 1.19. The molecule has 2 nitrogen and oxygen atoms in total. The van der Waals surface area contributed by atoms with Crippen LogP contribution in [0.15, 0.2) is 12.1 Å². The van der Waals surface area contributed by atoms with Gasteiger partial charge in [-0.2, -0.15) is 0 Å². The fraction of sp³-hybridized carbons (Fsp3) is 0.462. The molecule has 1 aromatic carbocycles. The number of carbonyl (C=O) groups excluding carboxylic acids is 1. The van der Waals surface area contributed by atoms with Crippen molar-refractivity contribution in [3.63, 3.8) is 0 Å². The zero-order chi connectivity index (χ0) is 12.6. The lowest BCUT2D eigenvalue weighted by Crippen LogP contribution is -2.04. The van der Waals surface area contributed by atoms with Gasteiger partial charge in [0, 0.05) is 17.5 Å². The second-order valence-corrected chi connectivity index (χ2v) is 5.19. The van der Waals surface area contributed by atoms with E-state index in [0.717, 1.165) is 6.42 Å². The molecule has 0 aromatic heterocycles. The van der Waals surface area contributed by atoms with Crippen LogP contribution in [0.5, 0.6) is 5.75 Å². The van der Waals surface area contributed by atoms with Gasteiger partial charge in [0.15, 0.2) is 5.78 Å². The molecule has 0 N–H and O–H groups in total. The number of benzene rings is 1. The largest absolute Gasteiger partial charge is 0.492 e. The number of ketones is 1. The third-order valence-corrected chi connectivity index (χ3v) is 3.64. The minimum absolute atomic E-state index is 0.0902. The van der Waals surface area contributed by atoms with E-state index in [9.17, 15) is 4.79 Å². The van der Waals surface area contributed by atoms with Crippen LogP contribution in [0.4, 0.5) is 0 Å². The molecule has 1 saturated carbocycles. The molecular formula is C13H14Cl2O2. The maximum Gasteiger partial charge on any atom is 0.167 e. The summed E-state index contributed by atoms with van der Waals surface area (Å²) in [4.78, 5) is 12.1. The fourth-order valence-corrected chi connectivity index (χ4v) is 2.34. The molecule has 4 heteroatoms. The lowest BCUT2D eigenvalue weighted by Gasteiger charge is -2.09. The summed E-state index contributed by atoms with van der Waals surface area (Å²) in [5, 5.41) is 0.856. The zero-order valence-electron chi connectivity index (χ0n) is 9.80. The molecular weight excluding hydrogens is 259 g/mol. The number of hydrogen-bond donors (Lipinski definition) is 0. The predicted octanol–water partition coefficient (Wildman–Crippen LogP) is 4.23. The van der Waals surface area contributed by atoms with Crippen molar-refractivity contribution in [2.45, 2.75) is 20.3 Å². The van der Waals surface area contributed by atoms with E-state index in [4.69, 9.17) is 27.9 Å². The van der Waals surface area contributed by atoms with Crippen molar-refractivity contribution in [2.24, 2.45) is 11.8 Å². The normalized spacial score (nSPS) is 22.4. The molecule has 1 fully saturated rings. The van der Waals surface area contributed by atoms with Crippen molar-refractivity contribution in [1.29, 1.82) is 0 Å². The summed E-state index contributed by atoms with van der Waals surface area (Å²) in [6.45, 7) is 4.45. The fourth-order valence-electron chi connectivity index (χ4n) is 1.87. The highest BCUT2D eigenvalue weighted by Crippen LogP contribution is 2.42. The van der Waals surface area contributed by atoms with Gasteiger partial charge in [-0.1, -0.05) is 30.1 Å². The van der Waals surface area contributed by atoms with Gasteiger partial charge in [0.25, 0.3) is 0 Å². The summed E-state index contributed by atoms with van der Waals surface area (Å²) in [6, 6.07) is 3.23. The molecule has 0 amide bonds. The van der Waals surface area contributed by atoms with Gasteiger partial charge in [-0.3, -0.25) is 4.79 Å². The quantitative estimate of drug-likeness (QED) is 0.767. The Morgan fingerprint density at radius 1 is 1.41 bits per heavy atom. The van der Waals surface area contributed by atoms with Crippen molar-refractivity contribution >= 4 is 29.0 Å². The highest BCUT2D eigenvalue weighted by Gasteiger charge is 2.40. The maximum absolute atomic E-state index is 12.1. The van der Waals surface area contributed by atoms with Crippen molar-refractivity contribution in [1.82, 2.24) is 0 Å². The molecule has 17 heavy (non-hydrogen) atoms. The zero-order valence-corrected chi connectivity index (χ0v) is 11.3. The molecule has 92 valence electrons. The van der Waals surface area contributed by atoms with E-state index in [1.807, 2.05) is 6.92 Å². The Labute approximate surface area is 111 Å². The molecule has 0 radical (unpaired) electrons. The van der Waals surface area contributed by atoms with Gasteiger partial charge in [-0.05, 0) is 25.3 Å². The second kappa shape index (κ2) is 4.87. The van der Waals surface area contributed by atoms with Gasteiger partial charge in [-0.25, -0.2) is 0 Å². The first-order valence-corrected chi connectivity index (χ1v) is 6.46. The first kappa shape index (κ1) is 12.7. The van der Waals surface area contributed by atoms with Crippen LogP contribution >= 0.6 is 23.2 Å². The molecule has 2 rings (SSSR count). The minimum Gasteiger partial charge on any atom is -0.492 e. The summed E-state index contributed by atoms with van der Waals surface area (Å²) in [7, 11) is 0. The van der Waals surface area contributed by atoms with Gasteiger partial charge in [0.05, 0.1) is 16.7 Å². The van der Waals surface area contributed by atoms with Crippen LogP contribution in [-0.2, 0) is 0 Å². The molecule has 1 aliphatic rings. The summed E-state index contributed by atoms with van der Waals surface area (Å²) in [5.41, 5.74) is 0.509. The smallest absolute Gasteiger partial charge is 0.167 e. The third-order valence-electron chi connectivity index (χ3n) is 3.03. The lowest BCUT2D eigenvalue weighted by atomic mass is 10.1. The van der Waals surface area contributed by atoms with E-state index in [0.29, 0.717) is 33.9 Å². The SMILES string of the molecule is CCOc1cc(Cl)c(C(=O)C2CC2C)cc1Cl. The predicted molar refractivity (Wildman–Crippen MR) is 69.2 cm³/mol. The van der Waals surface area contributed by atoms with Gasteiger partial charge in [0.1, 0.15) is 5.75 Å². The maximum atomic E-state index is 12.1. The van der Waals surface area contributed by atoms with E-state index in [1.165, 1.54) is 0 Å². The molecule has 0 aliphatic heterocycles. The molecule has 0 saturated heterocycles. The van der Waals surface area contributed by atoms with Crippen molar-refractivity contribution < 1.29 is 9.53 Å². The van der Waals surface area contributed by atoms with E-state index in [2.05, 4.69) is 6.92 Å². The van der Waals surface area contributed by atoms with Crippen molar-refractivity contribution in [3.05, 3.63) is 27.7 Å². The molecule has 2 atom stereocenters. The standard InChI is InChI=1S/C13H14Cl2O2/c1-3-17-12-6-10(14)9(5-11(12)15)13(16)8-4-7(8)2/h5-8H,3-4H2,1-2H3. The second-order valence-electron chi connectivity index (χ2n) is 4.38. The van der Waals surface area contributed by atoms with Crippen LogP contribution in [0.2, 0.25) is 10.0 Å². The third kappa shape index (κ3) is 2.58. The van der Waals surface area contributed by atoms with Gasteiger partial charge < -0.3 is 4.74 Å². The van der Waals surface area contributed by atoms with E-state index in [-0.39, 0.29) is 11.7 Å². The van der Waals surface area contributed by atoms with E-state index < -0.39 is 0 Å². The number of ether oxygens (including phenoxy) is 1. The topological polar surface area (TPSA) is 26.3 Å². The Hall–Kier alpha value is -0.730. The van der Waals surface area contributed by atoms with Crippen molar-refractivity contribution in [3.8, 4) is 5.75 Å². The highest BCUT2D eigenvalue weighted by molar-refractivity contribution is 6.37. The number of carbonyl (C=O) groups is 1. The van der Waals surface area contributed by atoms with Crippen LogP contribution in [-0.4, -0.2) is 12.4 Å². The molecule has 1 aromatic rings. The molecule has 1 aliphatic carbocycles. The number of rotatable bonds is 4. The monoisotopic (exact) mass is 272 g/mol.